The number of hydrogen-bond donors (Lipinski definition) is 1. The molecular formula is C13H16BrN5S. The molecule has 0 radical (unpaired) electrons. The second-order valence-electron chi connectivity index (χ2n) is 4.46. The van der Waals surface area contributed by atoms with Crippen LogP contribution in [0.15, 0.2) is 33.6 Å². The Hall–Kier alpha value is -1.34. The fourth-order valence-corrected chi connectivity index (χ4v) is 3.10. The normalized spacial score (nSPS) is 12.2. The predicted molar refractivity (Wildman–Crippen MR) is 87.0 cm³/mol. The van der Waals surface area contributed by atoms with E-state index in [1.807, 2.05) is 31.1 Å². The van der Waals surface area contributed by atoms with Crippen molar-refractivity contribution in [2.75, 3.05) is 24.7 Å². The molecule has 2 aromatic rings. The largest absolute Gasteiger partial charge is 0.368 e. The van der Waals surface area contributed by atoms with Gasteiger partial charge in [-0.3, -0.25) is 0 Å². The molecule has 20 heavy (non-hydrogen) atoms. The van der Waals surface area contributed by atoms with Crippen LogP contribution in [0.5, 0.6) is 0 Å². The molecule has 7 heteroatoms. The van der Waals surface area contributed by atoms with Crippen LogP contribution in [-0.2, 0) is 0 Å². The van der Waals surface area contributed by atoms with Crippen LogP contribution in [0.4, 0.5) is 11.9 Å². The Balaban J connectivity index is 2.22. The molecule has 0 fully saturated rings. The molecule has 0 bridgehead atoms. The maximum atomic E-state index is 5.75. The number of benzene rings is 1. The molecule has 5 nitrogen and oxygen atoms in total. The molecule has 1 aromatic carbocycles. The van der Waals surface area contributed by atoms with Crippen LogP contribution < -0.4 is 10.6 Å². The van der Waals surface area contributed by atoms with Gasteiger partial charge in [0.2, 0.25) is 11.9 Å². The van der Waals surface area contributed by atoms with Crippen LogP contribution in [0.1, 0.15) is 18.0 Å². The van der Waals surface area contributed by atoms with Gasteiger partial charge in [0.25, 0.3) is 0 Å². The van der Waals surface area contributed by atoms with E-state index in [1.54, 1.807) is 11.8 Å². The van der Waals surface area contributed by atoms with Crippen molar-refractivity contribution in [2.45, 2.75) is 17.1 Å². The summed E-state index contributed by atoms with van der Waals surface area (Å²) in [6.07, 6.45) is 0. The lowest BCUT2D eigenvalue weighted by molar-refractivity contribution is 0.865. The molecule has 2 N–H and O–H groups in total. The molecule has 1 heterocycles. The van der Waals surface area contributed by atoms with Gasteiger partial charge in [-0.15, -0.1) is 11.8 Å². The molecule has 0 aliphatic heterocycles. The second kappa shape index (κ2) is 6.41. The summed E-state index contributed by atoms with van der Waals surface area (Å²) in [5.74, 6) is 1.51. The third-order valence-corrected chi connectivity index (χ3v) is 4.11. The van der Waals surface area contributed by atoms with E-state index in [0.29, 0.717) is 11.8 Å². The van der Waals surface area contributed by atoms with Crippen LogP contribution in [-0.4, -0.2) is 29.0 Å². The molecule has 1 unspecified atom stereocenters. The van der Waals surface area contributed by atoms with Crippen molar-refractivity contribution in [2.24, 2.45) is 0 Å². The maximum absolute atomic E-state index is 5.75. The summed E-state index contributed by atoms with van der Waals surface area (Å²) in [6, 6.07) is 8.13. The minimum absolute atomic E-state index is 0.0910. The van der Waals surface area contributed by atoms with Gasteiger partial charge < -0.3 is 10.6 Å². The first kappa shape index (κ1) is 15.1. The van der Waals surface area contributed by atoms with E-state index in [1.165, 1.54) is 0 Å². The highest BCUT2D eigenvalue weighted by Crippen LogP contribution is 2.34. The molecule has 2 rings (SSSR count). The molecule has 1 atom stereocenters. The van der Waals surface area contributed by atoms with E-state index in [-0.39, 0.29) is 11.2 Å². The average molecular weight is 354 g/mol. The van der Waals surface area contributed by atoms with Gasteiger partial charge in [0.05, 0.1) is 5.25 Å². The van der Waals surface area contributed by atoms with Crippen molar-refractivity contribution in [3.63, 3.8) is 0 Å². The van der Waals surface area contributed by atoms with Crippen LogP contribution in [0, 0.1) is 0 Å². The SMILES string of the molecule is CC(Sc1cccc(Br)c1)c1nc(N)nc(N(C)C)n1. The lowest BCUT2D eigenvalue weighted by Crippen LogP contribution is -2.16. The molecular weight excluding hydrogens is 338 g/mol. The maximum Gasteiger partial charge on any atom is 0.229 e. The monoisotopic (exact) mass is 353 g/mol. The molecule has 1 aromatic heterocycles. The minimum atomic E-state index is 0.0910. The van der Waals surface area contributed by atoms with E-state index in [2.05, 4.69) is 49.9 Å². The molecule has 0 saturated heterocycles. The van der Waals surface area contributed by atoms with Gasteiger partial charge in [0.1, 0.15) is 5.82 Å². The number of thioether (sulfide) groups is 1. The first-order valence-electron chi connectivity index (χ1n) is 6.06. The van der Waals surface area contributed by atoms with Gasteiger partial charge in [-0.05, 0) is 25.1 Å². The molecule has 0 amide bonds. The molecule has 0 spiro atoms. The number of nitrogens with zero attached hydrogens (tertiary/aromatic N) is 4. The van der Waals surface area contributed by atoms with Crippen LogP contribution in [0.25, 0.3) is 0 Å². The number of anilines is 2. The fraction of sp³-hybridized carbons (Fsp3) is 0.308. The van der Waals surface area contributed by atoms with Gasteiger partial charge in [-0.2, -0.15) is 15.0 Å². The molecule has 0 aliphatic rings. The minimum Gasteiger partial charge on any atom is -0.368 e. The van der Waals surface area contributed by atoms with Crippen molar-refractivity contribution in [1.82, 2.24) is 15.0 Å². The smallest absolute Gasteiger partial charge is 0.229 e. The highest BCUT2D eigenvalue weighted by Gasteiger charge is 2.14. The van der Waals surface area contributed by atoms with E-state index >= 15 is 0 Å². The third-order valence-electron chi connectivity index (χ3n) is 2.53. The zero-order valence-electron chi connectivity index (χ0n) is 11.5. The Kier molecular flexibility index (Phi) is 4.82. The number of nitrogen functional groups attached to an aromatic ring is 1. The Morgan fingerprint density at radius 1 is 1.25 bits per heavy atom. The number of rotatable bonds is 4. The quantitative estimate of drug-likeness (QED) is 0.851. The van der Waals surface area contributed by atoms with Crippen molar-refractivity contribution >= 4 is 39.6 Å². The summed E-state index contributed by atoms with van der Waals surface area (Å²) in [6.45, 7) is 2.06. The zero-order chi connectivity index (χ0) is 14.7. The van der Waals surface area contributed by atoms with Crippen molar-refractivity contribution in [1.29, 1.82) is 0 Å². The average Bonchev–Trinajstić information content (AvgIpc) is 2.37. The van der Waals surface area contributed by atoms with E-state index in [9.17, 15) is 0 Å². The van der Waals surface area contributed by atoms with Crippen LogP contribution >= 0.6 is 27.7 Å². The first-order chi connectivity index (χ1) is 9.45. The highest BCUT2D eigenvalue weighted by molar-refractivity contribution is 9.10. The Labute approximate surface area is 131 Å². The van der Waals surface area contributed by atoms with Gasteiger partial charge in [-0.1, -0.05) is 22.0 Å². The number of halogens is 1. The topological polar surface area (TPSA) is 67.9 Å². The Morgan fingerprint density at radius 3 is 2.65 bits per heavy atom. The van der Waals surface area contributed by atoms with E-state index in [4.69, 9.17) is 5.73 Å². The Bertz CT molecular complexity index is 605. The van der Waals surface area contributed by atoms with Crippen LogP contribution in [0.2, 0.25) is 0 Å². The summed E-state index contributed by atoms with van der Waals surface area (Å²) >= 11 is 5.15. The first-order valence-corrected chi connectivity index (χ1v) is 7.74. The van der Waals surface area contributed by atoms with Gasteiger partial charge in [0, 0.05) is 23.5 Å². The predicted octanol–water partition coefficient (Wildman–Crippen LogP) is 3.14. The van der Waals surface area contributed by atoms with Gasteiger partial charge >= 0.3 is 0 Å². The number of hydrogen-bond acceptors (Lipinski definition) is 6. The zero-order valence-corrected chi connectivity index (χ0v) is 13.9. The van der Waals surface area contributed by atoms with Crippen LogP contribution in [0.3, 0.4) is 0 Å². The summed E-state index contributed by atoms with van der Waals surface area (Å²) < 4.78 is 1.05. The van der Waals surface area contributed by atoms with Gasteiger partial charge in [-0.25, -0.2) is 0 Å². The molecule has 0 saturated carbocycles. The highest BCUT2D eigenvalue weighted by atomic mass is 79.9. The standard InChI is InChI=1S/C13H16BrN5S/c1-8(20-10-6-4-5-9(14)7-10)11-16-12(15)18-13(17-11)19(2)3/h4-8H,1-3H3,(H2,15,16,17,18). The van der Waals surface area contributed by atoms with Gasteiger partial charge in [0.15, 0.2) is 0 Å². The fourth-order valence-electron chi connectivity index (χ4n) is 1.58. The van der Waals surface area contributed by atoms with E-state index in [0.717, 1.165) is 9.37 Å². The molecule has 106 valence electrons. The third kappa shape index (κ3) is 3.83. The number of nitrogens with two attached hydrogens (primary N) is 1. The Morgan fingerprint density at radius 2 is 2.00 bits per heavy atom. The second-order valence-corrected chi connectivity index (χ2v) is 6.79. The summed E-state index contributed by atoms with van der Waals surface area (Å²) in [7, 11) is 3.76. The summed E-state index contributed by atoms with van der Waals surface area (Å²) in [4.78, 5) is 15.7. The molecule has 0 aliphatic carbocycles. The van der Waals surface area contributed by atoms with Crippen molar-refractivity contribution < 1.29 is 0 Å². The summed E-state index contributed by atoms with van der Waals surface area (Å²) in [5.41, 5.74) is 5.75. The number of aromatic nitrogens is 3. The summed E-state index contributed by atoms with van der Waals surface area (Å²) in [5, 5.41) is 0.0910. The van der Waals surface area contributed by atoms with Crippen molar-refractivity contribution in [3.05, 3.63) is 34.6 Å². The van der Waals surface area contributed by atoms with E-state index < -0.39 is 0 Å². The van der Waals surface area contributed by atoms with Crippen molar-refractivity contribution in [3.8, 4) is 0 Å². The lowest BCUT2D eigenvalue weighted by Gasteiger charge is -2.14. The lowest BCUT2D eigenvalue weighted by atomic mass is 10.4.